The van der Waals surface area contributed by atoms with E-state index >= 15 is 0 Å². The summed E-state index contributed by atoms with van der Waals surface area (Å²) < 4.78 is 2.54. The fourth-order valence-electron chi connectivity index (χ4n) is 2.56. The Hall–Kier alpha value is -2.24. The second-order valence-corrected chi connectivity index (χ2v) is 6.82. The van der Waals surface area contributed by atoms with Crippen molar-refractivity contribution < 1.29 is 0 Å². The highest BCUT2D eigenvalue weighted by molar-refractivity contribution is 9.10. The van der Waals surface area contributed by atoms with Gasteiger partial charge in [-0.3, -0.25) is 9.36 Å². The Morgan fingerprint density at radius 3 is 2.52 bits per heavy atom. The smallest absolute Gasteiger partial charge is 0.266 e. The van der Waals surface area contributed by atoms with Crippen molar-refractivity contribution in [2.45, 2.75) is 0 Å². The minimum atomic E-state index is -0.0640. The molecular weight excluding hydrogens is 372 g/mol. The molecule has 112 valence electrons. The van der Waals surface area contributed by atoms with Crippen molar-refractivity contribution in [3.05, 3.63) is 80.9 Å². The van der Waals surface area contributed by atoms with Crippen LogP contribution in [0.25, 0.3) is 27.3 Å². The summed E-state index contributed by atoms with van der Waals surface area (Å²) in [6.45, 7) is 0. The molecule has 0 amide bonds. The predicted octanol–water partition coefficient (Wildman–Crippen LogP) is 4.88. The zero-order valence-electron chi connectivity index (χ0n) is 11.9. The molecular formula is C18H11BrN2OS. The molecule has 0 spiro atoms. The van der Waals surface area contributed by atoms with Crippen molar-refractivity contribution in [2.24, 2.45) is 0 Å². The first kappa shape index (κ1) is 14.4. The van der Waals surface area contributed by atoms with Crippen LogP contribution in [0.2, 0.25) is 0 Å². The van der Waals surface area contributed by atoms with Crippen LogP contribution < -0.4 is 5.56 Å². The Labute approximate surface area is 145 Å². The molecule has 0 fully saturated rings. The van der Waals surface area contributed by atoms with Gasteiger partial charge in [-0.05, 0) is 51.6 Å². The first-order chi connectivity index (χ1) is 11.3. The Bertz CT molecular complexity index is 1050. The molecule has 4 aromatic rings. The van der Waals surface area contributed by atoms with E-state index < -0.39 is 0 Å². The van der Waals surface area contributed by atoms with E-state index in [-0.39, 0.29) is 5.56 Å². The first-order valence-corrected chi connectivity index (χ1v) is 8.73. The molecule has 5 heteroatoms. The van der Waals surface area contributed by atoms with Gasteiger partial charge in [-0.2, -0.15) is 0 Å². The second-order valence-electron chi connectivity index (χ2n) is 5.02. The molecule has 0 saturated carbocycles. The van der Waals surface area contributed by atoms with Crippen molar-refractivity contribution in [1.29, 1.82) is 0 Å². The molecule has 2 heterocycles. The predicted molar refractivity (Wildman–Crippen MR) is 98.4 cm³/mol. The number of hydrogen-bond acceptors (Lipinski definition) is 3. The fraction of sp³-hybridized carbons (Fsp3) is 0. The lowest BCUT2D eigenvalue weighted by atomic mass is 10.2. The van der Waals surface area contributed by atoms with Crippen LogP contribution in [0.1, 0.15) is 0 Å². The van der Waals surface area contributed by atoms with Gasteiger partial charge in [0.05, 0.1) is 21.5 Å². The van der Waals surface area contributed by atoms with E-state index in [1.165, 1.54) is 0 Å². The third-order valence-electron chi connectivity index (χ3n) is 3.61. The quantitative estimate of drug-likeness (QED) is 0.495. The first-order valence-electron chi connectivity index (χ1n) is 7.06. The number of nitrogens with zero attached hydrogens (tertiary/aromatic N) is 2. The molecule has 4 rings (SSSR count). The molecule has 23 heavy (non-hydrogen) atoms. The number of halogens is 1. The van der Waals surface area contributed by atoms with Gasteiger partial charge in [-0.25, -0.2) is 4.98 Å². The second kappa shape index (κ2) is 5.76. The maximum atomic E-state index is 13.1. The lowest BCUT2D eigenvalue weighted by Crippen LogP contribution is -2.22. The van der Waals surface area contributed by atoms with Crippen molar-refractivity contribution in [2.75, 3.05) is 0 Å². The Balaban J connectivity index is 2.17. The van der Waals surface area contributed by atoms with Gasteiger partial charge in [0.2, 0.25) is 0 Å². The highest BCUT2D eigenvalue weighted by Gasteiger charge is 2.16. The monoisotopic (exact) mass is 382 g/mol. The lowest BCUT2D eigenvalue weighted by molar-refractivity contribution is 0.974. The van der Waals surface area contributed by atoms with E-state index in [1.807, 2.05) is 66.0 Å². The summed E-state index contributed by atoms with van der Waals surface area (Å²) in [5.41, 5.74) is 1.44. The molecule has 2 aromatic carbocycles. The van der Waals surface area contributed by atoms with Gasteiger partial charge in [-0.15, -0.1) is 11.3 Å². The largest absolute Gasteiger partial charge is 0.268 e. The zero-order chi connectivity index (χ0) is 15.8. The number of para-hydroxylation sites is 2. The molecule has 0 atom stereocenters. The van der Waals surface area contributed by atoms with Gasteiger partial charge in [0, 0.05) is 4.47 Å². The zero-order valence-corrected chi connectivity index (χ0v) is 14.3. The average Bonchev–Trinajstić information content (AvgIpc) is 3.10. The number of fused-ring (bicyclic) bond motifs is 1. The van der Waals surface area contributed by atoms with Gasteiger partial charge in [0.15, 0.2) is 5.82 Å². The maximum absolute atomic E-state index is 13.1. The van der Waals surface area contributed by atoms with Gasteiger partial charge >= 0.3 is 0 Å². The van der Waals surface area contributed by atoms with Crippen LogP contribution in [0.3, 0.4) is 0 Å². The van der Waals surface area contributed by atoms with E-state index in [2.05, 4.69) is 15.9 Å². The third-order valence-corrected chi connectivity index (χ3v) is 5.15. The summed E-state index contributed by atoms with van der Waals surface area (Å²) in [5, 5.41) is 2.60. The molecule has 0 N–H and O–H groups in total. The molecule has 0 bridgehead atoms. The highest BCUT2D eigenvalue weighted by Crippen LogP contribution is 2.28. The van der Waals surface area contributed by atoms with Crippen molar-refractivity contribution in [1.82, 2.24) is 9.55 Å². The van der Waals surface area contributed by atoms with E-state index in [0.29, 0.717) is 16.7 Å². The van der Waals surface area contributed by atoms with Crippen LogP contribution in [0, 0.1) is 0 Å². The van der Waals surface area contributed by atoms with Crippen molar-refractivity contribution in [3.63, 3.8) is 0 Å². The number of benzene rings is 2. The van der Waals surface area contributed by atoms with Crippen LogP contribution in [0.15, 0.2) is 75.3 Å². The van der Waals surface area contributed by atoms with Crippen LogP contribution in [0.4, 0.5) is 0 Å². The Morgan fingerprint density at radius 2 is 1.74 bits per heavy atom. The Morgan fingerprint density at radius 1 is 0.957 bits per heavy atom. The summed E-state index contributed by atoms with van der Waals surface area (Å²) in [4.78, 5) is 18.8. The summed E-state index contributed by atoms with van der Waals surface area (Å²) >= 11 is 5.12. The molecule has 0 aliphatic rings. The van der Waals surface area contributed by atoms with Gasteiger partial charge in [-0.1, -0.05) is 30.3 Å². The molecule has 0 aliphatic carbocycles. The summed E-state index contributed by atoms with van der Waals surface area (Å²) in [6, 6.07) is 19.1. The van der Waals surface area contributed by atoms with Crippen LogP contribution in [0.5, 0.6) is 0 Å². The van der Waals surface area contributed by atoms with Gasteiger partial charge in [0.1, 0.15) is 0 Å². The third kappa shape index (κ3) is 2.42. The average molecular weight is 383 g/mol. The standard InChI is InChI=1S/C18H11BrN2OS/c19-13-7-2-4-9-15(13)21-17(16-10-5-11-23-16)20-14-8-3-1-6-12(14)18(21)22/h1-11H. The summed E-state index contributed by atoms with van der Waals surface area (Å²) in [6.07, 6.45) is 0. The topological polar surface area (TPSA) is 34.9 Å². The van der Waals surface area contributed by atoms with Crippen LogP contribution >= 0.6 is 27.3 Å². The number of aromatic nitrogens is 2. The lowest BCUT2D eigenvalue weighted by Gasteiger charge is -2.14. The number of hydrogen-bond donors (Lipinski definition) is 0. The van der Waals surface area contributed by atoms with E-state index in [0.717, 1.165) is 15.0 Å². The molecule has 0 unspecified atom stereocenters. The summed E-state index contributed by atoms with van der Waals surface area (Å²) in [5.74, 6) is 0.663. The van der Waals surface area contributed by atoms with Crippen molar-refractivity contribution >= 4 is 38.2 Å². The van der Waals surface area contributed by atoms with E-state index in [1.54, 1.807) is 15.9 Å². The molecule has 0 aliphatic heterocycles. The minimum absolute atomic E-state index is 0.0640. The van der Waals surface area contributed by atoms with E-state index in [4.69, 9.17) is 4.98 Å². The molecule has 0 saturated heterocycles. The summed E-state index contributed by atoms with van der Waals surface area (Å²) in [7, 11) is 0. The van der Waals surface area contributed by atoms with Gasteiger partial charge in [0.25, 0.3) is 5.56 Å². The normalized spacial score (nSPS) is 11.0. The fourth-order valence-corrected chi connectivity index (χ4v) is 3.73. The van der Waals surface area contributed by atoms with Gasteiger partial charge < -0.3 is 0 Å². The molecule has 0 radical (unpaired) electrons. The Kier molecular flexibility index (Phi) is 3.59. The van der Waals surface area contributed by atoms with Crippen molar-refractivity contribution in [3.8, 4) is 16.4 Å². The SMILES string of the molecule is O=c1c2ccccc2nc(-c2cccs2)n1-c1ccccc1Br. The minimum Gasteiger partial charge on any atom is -0.268 e. The van der Waals surface area contributed by atoms with E-state index in [9.17, 15) is 4.79 Å². The van der Waals surface area contributed by atoms with Crippen LogP contribution in [-0.4, -0.2) is 9.55 Å². The molecule has 2 aromatic heterocycles. The number of rotatable bonds is 2. The molecule has 3 nitrogen and oxygen atoms in total. The number of thiophene rings is 1. The van der Waals surface area contributed by atoms with Crippen LogP contribution in [-0.2, 0) is 0 Å². The maximum Gasteiger partial charge on any atom is 0.266 e. The highest BCUT2D eigenvalue weighted by atomic mass is 79.9.